The molecule has 3 aromatic carbocycles. The molecular formula is C33H30ClFN5O4PSTl+. The Morgan fingerprint density at radius 3 is 2.74 bits per heavy atom. The van der Waals surface area contributed by atoms with Crippen molar-refractivity contribution in [3.8, 4) is 32.3 Å². The number of hydrogen-bond acceptors (Lipinski definition) is 9. The predicted octanol–water partition coefficient (Wildman–Crippen LogP) is 6.90. The van der Waals surface area contributed by atoms with Crippen LogP contribution in [0.4, 0.5) is 15.0 Å². The molecule has 238 valence electrons. The molecule has 0 saturated carbocycles. The van der Waals surface area contributed by atoms with Gasteiger partial charge >= 0.3 is 225 Å². The van der Waals surface area contributed by atoms with Crippen LogP contribution < -0.4 is 9.64 Å². The van der Waals surface area contributed by atoms with Crippen molar-refractivity contribution in [2.75, 3.05) is 38.4 Å². The second kappa shape index (κ2) is 15.4. The van der Waals surface area contributed by atoms with Gasteiger partial charge in [-0.25, -0.2) is 4.79 Å². The van der Waals surface area contributed by atoms with Crippen LogP contribution in [0.3, 0.4) is 0 Å². The topological polar surface area (TPSA) is 101 Å². The van der Waals surface area contributed by atoms with Crippen molar-refractivity contribution in [1.29, 1.82) is 5.26 Å². The molecular weight excluding hydrogens is 852 g/mol. The fourth-order valence-corrected chi connectivity index (χ4v) is 9.16. The van der Waals surface area contributed by atoms with E-state index in [0.29, 0.717) is 34.6 Å². The molecule has 5 rings (SSSR count). The third kappa shape index (κ3) is 8.15. The van der Waals surface area contributed by atoms with Gasteiger partial charge in [-0.05, 0) is 20.8 Å². The van der Waals surface area contributed by atoms with Crippen molar-refractivity contribution in [3.05, 3.63) is 59.1 Å². The molecule has 47 heavy (non-hydrogen) atoms. The number of carbonyl (C=O) groups excluding carboxylic acids is 1. The van der Waals surface area contributed by atoms with Crippen LogP contribution in [-0.2, 0) is 21.3 Å². The molecule has 4 aromatic rings. The average Bonchev–Trinajstić information content (AvgIpc) is 3.03. The number of fused-ring (bicyclic) bond motifs is 2. The van der Waals surface area contributed by atoms with Gasteiger partial charge in [-0.15, -0.1) is 0 Å². The number of halogens is 2. The molecule has 1 saturated heterocycles. The summed E-state index contributed by atoms with van der Waals surface area (Å²) in [6.45, 7) is 6.34. The third-order valence-electron chi connectivity index (χ3n) is 7.40. The molecule has 1 aliphatic rings. The van der Waals surface area contributed by atoms with Gasteiger partial charge in [-0.3, -0.25) is 0 Å². The molecule has 9 nitrogen and oxygen atoms in total. The molecule has 0 spiro atoms. The summed E-state index contributed by atoms with van der Waals surface area (Å²) in [5, 5.41) is 11.5. The van der Waals surface area contributed by atoms with Gasteiger partial charge in [0.15, 0.2) is 0 Å². The van der Waals surface area contributed by atoms with E-state index in [4.69, 9.17) is 37.6 Å². The number of rotatable bonds is 6. The van der Waals surface area contributed by atoms with Gasteiger partial charge in [-0.2, -0.15) is 5.26 Å². The predicted molar refractivity (Wildman–Crippen MR) is 186 cm³/mol. The molecule has 14 heteroatoms. The van der Waals surface area contributed by atoms with Crippen LogP contribution in [0.15, 0.2) is 42.5 Å². The Balaban J connectivity index is 1.62. The van der Waals surface area contributed by atoms with Crippen LogP contribution in [0.25, 0.3) is 32.8 Å². The zero-order valence-corrected chi connectivity index (χ0v) is 33.2. The van der Waals surface area contributed by atoms with Gasteiger partial charge in [-0.1, -0.05) is 0 Å². The molecule has 1 amide bonds. The van der Waals surface area contributed by atoms with E-state index in [1.54, 1.807) is 43.9 Å². The Labute approximate surface area is 294 Å². The first kappa shape index (κ1) is 35.2. The first-order valence-corrected chi connectivity index (χ1v) is 25.3. The van der Waals surface area contributed by atoms with E-state index < -0.39 is 46.7 Å². The second-order valence-corrected chi connectivity index (χ2v) is 24.7. The Morgan fingerprint density at radius 1 is 1.21 bits per heavy atom. The maximum atomic E-state index is 16.8. The third-order valence-corrected chi connectivity index (χ3v) is 13.9. The first-order valence-electron chi connectivity index (χ1n) is 14.7. The summed E-state index contributed by atoms with van der Waals surface area (Å²) in [7, 11) is 1.53. The molecule has 0 N–H and O–H groups in total. The van der Waals surface area contributed by atoms with Crippen LogP contribution in [0.1, 0.15) is 32.8 Å². The van der Waals surface area contributed by atoms with E-state index in [9.17, 15) is 10.1 Å². The van der Waals surface area contributed by atoms with Crippen LogP contribution in [0.5, 0.6) is 5.75 Å². The summed E-state index contributed by atoms with van der Waals surface area (Å²) in [6.07, 6.45) is -0.403. The van der Waals surface area contributed by atoms with Gasteiger partial charge < -0.3 is 9.64 Å². The Morgan fingerprint density at radius 2 is 2.02 bits per heavy atom. The summed E-state index contributed by atoms with van der Waals surface area (Å²) in [6, 6.07) is 14.6. The first-order chi connectivity index (χ1) is 22.5. The number of aromatic nitrogens is 2. The van der Waals surface area contributed by atoms with E-state index in [2.05, 4.69) is 25.4 Å². The van der Waals surface area contributed by atoms with Crippen LogP contribution in [0.2, 0.25) is 5.28 Å². The zero-order chi connectivity index (χ0) is 33.7. The average molecular weight is 883 g/mol. The number of carbonyl (C=O) groups is 1. The molecule has 0 bridgehead atoms. The van der Waals surface area contributed by atoms with Crippen molar-refractivity contribution < 1.29 is 23.4 Å². The van der Waals surface area contributed by atoms with Gasteiger partial charge in [0, 0.05) is 6.54 Å². The summed E-state index contributed by atoms with van der Waals surface area (Å²) in [5.74, 6) is 3.63. The number of amides is 1. The van der Waals surface area contributed by atoms with Gasteiger partial charge in [0.1, 0.15) is 5.60 Å². The monoisotopic (exact) mass is 882 g/mol. The number of nitriles is 1. The van der Waals surface area contributed by atoms with Crippen molar-refractivity contribution >= 4 is 84.1 Å². The molecule has 1 aliphatic heterocycles. The fraction of sp³-hybridized carbons (Fsp3) is 0.333. The summed E-state index contributed by atoms with van der Waals surface area (Å²) in [5.41, 5.74) is 1.02. The number of ether oxygens (including phenoxy) is 3. The molecule has 1 fully saturated rings. The number of anilines is 1. The van der Waals surface area contributed by atoms with Crippen LogP contribution in [-0.4, -0.2) is 89.2 Å². The van der Waals surface area contributed by atoms with Crippen LogP contribution >= 0.6 is 15.6 Å². The Bertz CT molecular complexity index is 2020. The molecule has 0 aliphatic carbocycles. The normalized spacial score (nSPS) is 14.6. The SMILES string of the molecule is COCOc1cc(-c2ccc3c(N4CCN(C(=O)OC(C)(C)C)[C@@H](CC#N)C4)nc(Cl)nc3c2F)c2c(C#[C][Tl]=[P+]=S)cccc2c1. The standard InChI is InChI=1S/C33H30ClFN5O4.PS.Tl/c1-6-20-8-7-9-21-16-23(43-19-42-5)17-26(27(20)21)24-10-11-25-29(28(24)35)37-31(34)38-30(25)39-14-15-40(22(18-39)12-13-36)32(41)44-33(2,3)4;1-2;/h7-11,16-17,22H,12,14-15,18-19H2,2-5H3;;/q;-1;+2/t22-;;/m0../s1. The molecule has 2 heterocycles. The zero-order valence-electron chi connectivity index (χ0n) is 26.2. The molecule has 0 unspecified atom stereocenters. The second-order valence-electron chi connectivity index (χ2n) is 11.7. The van der Waals surface area contributed by atoms with Crippen molar-refractivity contribution in [3.63, 3.8) is 0 Å². The summed E-state index contributed by atoms with van der Waals surface area (Å²) >= 11 is 10.2. The molecule has 1 aromatic heterocycles. The van der Waals surface area contributed by atoms with E-state index in [1.807, 2.05) is 29.2 Å². The Hall–Kier alpha value is -3.07. The quantitative estimate of drug-likeness (QED) is 0.0674. The van der Waals surface area contributed by atoms with Crippen molar-refractivity contribution in [2.24, 2.45) is 0 Å². The minimum atomic E-state index is -1.36. The molecule has 0 radical (unpaired) electrons. The number of methoxy groups -OCH3 is 1. The number of hydrogen-bond donors (Lipinski definition) is 0. The summed E-state index contributed by atoms with van der Waals surface area (Å²) in [4.78, 5) is 25.2. The fourth-order valence-electron chi connectivity index (χ4n) is 5.52. The van der Waals surface area contributed by atoms with Crippen molar-refractivity contribution in [2.45, 2.75) is 38.8 Å². The minimum absolute atomic E-state index is 0.0249. The Kier molecular flexibility index (Phi) is 11.6. The van der Waals surface area contributed by atoms with E-state index >= 15 is 4.39 Å². The number of benzene rings is 3. The van der Waals surface area contributed by atoms with Gasteiger partial charge in [0.05, 0.1) is 18.5 Å². The molecule has 1 atom stereocenters. The van der Waals surface area contributed by atoms with E-state index in [-0.39, 0.29) is 37.1 Å². The van der Waals surface area contributed by atoms with Gasteiger partial charge in [0.25, 0.3) is 0 Å². The van der Waals surface area contributed by atoms with Crippen molar-refractivity contribution in [1.82, 2.24) is 14.9 Å². The number of nitrogens with zero attached hydrogens (tertiary/aromatic N) is 5. The van der Waals surface area contributed by atoms with E-state index in [1.165, 1.54) is 7.11 Å². The number of piperazine rings is 1. The van der Waals surface area contributed by atoms with E-state index in [0.717, 1.165) is 20.3 Å². The van der Waals surface area contributed by atoms with Crippen LogP contribution in [0, 0.1) is 26.5 Å². The van der Waals surface area contributed by atoms with Gasteiger partial charge in [0.2, 0.25) is 0 Å². The maximum absolute atomic E-state index is 16.8. The summed E-state index contributed by atoms with van der Waals surface area (Å²) < 4.78 is 37.5.